The number of hydrogen-bond donors (Lipinski definition) is 0. The Bertz CT molecular complexity index is 6890. The zero-order chi connectivity index (χ0) is 64.1. The van der Waals surface area contributed by atoms with E-state index in [2.05, 4.69) is 337 Å². The molecule has 0 saturated heterocycles. The molecule has 0 bridgehead atoms. The largest absolute Gasteiger partial charge is 0.454 e. The number of anilines is 6. The molecule has 0 aliphatic rings. The second-order valence-corrected chi connectivity index (χ2v) is 27.9. The van der Waals surface area contributed by atoms with Crippen molar-refractivity contribution in [2.24, 2.45) is 0 Å². The third-order valence-corrected chi connectivity index (χ3v) is 22.7. The van der Waals surface area contributed by atoms with Crippen molar-refractivity contribution in [2.45, 2.75) is 0 Å². The fraction of sp³-hybridized carbons (Fsp3) is 0. The van der Waals surface area contributed by atoms with E-state index in [0.717, 1.165) is 105 Å². The van der Waals surface area contributed by atoms with E-state index < -0.39 is 0 Å². The van der Waals surface area contributed by atoms with Crippen molar-refractivity contribution in [1.29, 1.82) is 0 Å². The fourth-order valence-corrected chi connectivity index (χ4v) is 18.3. The lowest BCUT2D eigenvalue weighted by molar-refractivity contribution is 0.669. The van der Waals surface area contributed by atoms with Crippen LogP contribution in [0.15, 0.2) is 336 Å². The van der Waals surface area contributed by atoms with E-state index >= 15 is 0 Å². The molecule has 0 N–H and O–H groups in total. The third-order valence-electron chi connectivity index (χ3n) is 20.3. The van der Waals surface area contributed by atoms with Gasteiger partial charge in [0.1, 0.15) is 11.2 Å². The van der Waals surface area contributed by atoms with Crippen LogP contribution >= 0.6 is 22.7 Å². The predicted molar refractivity (Wildman–Crippen MR) is 420 cm³/mol. The number of para-hydroxylation sites is 3. The Morgan fingerprint density at radius 1 is 0.224 bits per heavy atom. The molecule has 0 fully saturated rings. The molecule has 0 saturated carbocycles. The van der Waals surface area contributed by atoms with E-state index in [-0.39, 0.29) is 0 Å². The Labute approximate surface area is 570 Å². The minimum atomic E-state index is 0.850. The van der Waals surface area contributed by atoms with Crippen molar-refractivity contribution in [2.75, 3.05) is 9.80 Å². The Morgan fingerprint density at radius 2 is 0.684 bits per heavy atom. The maximum absolute atomic E-state index is 7.18. The van der Waals surface area contributed by atoms with Gasteiger partial charge in [0.2, 0.25) is 0 Å². The van der Waals surface area contributed by atoms with Gasteiger partial charge in [0.05, 0.1) is 17.1 Å². The molecule has 4 heterocycles. The molecule has 0 spiro atoms. The number of thiophene rings is 2. The minimum absolute atomic E-state index is 0.850. The third kappa shape index (κ3) is 8.55. The summed E-state index contributed by atoms with van der Waals surface area (Å²) in [6, 6.07) is 120. The van der Waals surface area contributed by atoms with Crippen LogP contribution in [0.25, 0.3) is 171 Å². The molecule has 6 heteroatoms. The van der Waals surface area contributed by atoms with Gasteiger partial charge in [0, 0.05) is 84.3 Å². The van der Waals surface area contributed by atoms with Gasteiger partial charge in [0.25, 0.3) is 0 Å². The van der Waals surface area contributed by atoms with Gasteiger partial charge in [0.15, 0.2) is 11.2 Å². The first-order valence-corrected chi connectivity index (χ1v) is 35.0. The number of furan rings is 2. The van der Waals surface area contributed by atoms with Crippen LogP contribution in [-0.4, -0.2) is 0 Å². The molecule has 0 unspecified atom stereocenters. The summed E-state index contributed by atoms with van der Waals surface area (Å²) in [5.41, 5.74) is 16.6. The molecule has 0 aliphatic heterocycles. The average Bonchev–Trinajstić information content (AvgIpc) is 1.54. The highest BCUT2D eigenvalue weighted by Crippen LogP contribution is 2.52. The highest BCUT2D eigenvalue weighted by molar-refractivity contribution is 7.27. The second kappa shape index (κ2) is 21.6. The lowest BCUT2D eigenvalue weighted by Crippen LogP contribution is -2.11. The first-order chi connectivity index (χ1) is 48.5. The van der Waals surface area contributed by atoms with Crippen molar-refractivity contribution < 1.29 is 8.83 Å². The molecule has 4 nitrogen and oxygen atoms in total. The molecule has 17 aromatic carbocycles. The van der Waals surface area contributed by atoms with Crippen LogP contribution in [-0.2, 0) is 0 Å². The van der Waals surface area contributed by atoms with E-state index in [1.165, 1.54) is 100 Å². The van der Waals surface area contributed by atoms with Crippen molar-refractivity contribution in [3.05, 3.63) is 328 Å². The molecule has 21 aromatic rings. The Hall–Kier alpha value is -12.3. The van der Waals surface area contributed by atoms with Crippen LogP contribution in [0.1, 0.15) is 0 Å². The minimum Gasteiger partial charge on any atom is -0.454 e. The smallest absolute Gasteiger partial charge is 0.159 e. The number of rotatable bonds is 9. The lowest BCUT2D eigenvalue weighted by atomic mass is 9.94. The van der Waals surface area contributed by atoms with Crippen LogP contribution in [0.5, 0.6) is 0 Å². The van der Waals surface area contributed by atoms with Gasteiger partial charge in [-0.25, -0.2) is 0 Å². The molecule has 4 aromatic heterocycles. The second-order valence-electron chi connectivity index (χ2n) is 25.8. The summed E-state index contributed by atoms with van der Waals surface area (Å²) in [7, 11) is 0. The van der Waals surface area contributed by atoms with Gasteiger partial charge in [-0.15, -0.1) is 22.7 Å². The first kappa shape index (κ1) is 55.0. The van der Waals surface area contributed by atoms with Crippen LogP contribution < -0.4 is 9.80 Å². The molecular weight excluding hydrogens is 1230 g/mol. The molecule has 456 valence electrons. The SMILES string of the molecule is c1ccc(N(c2cccc(-c3cccc4ccccc34)c2)c2cccc3c2oc2ccc4c5cc6ccc(-c7cccc8c(N(c9ccc(-c%10ccc%11ccccc%11c%10)cc9)c9cccc%10c9oc9ccc%11c%12cc%13ccccc%13cc%12sc%11c9%10)cccc78)cc6cc5sc4c23)cc1. The number of hydrogen-bond acceptors (Lipinski definition) is 6. The zero-order valence-corrected chi connectivity index (χ0v) is 54.3. The summed E-state index contributed by atoms with van der Waals surface area (Å²) in [6.07, 6.45) is 0. The summed E-state index contributed by atoms with van der Waals surface area (Å²) >= 11 is 3.71. The molecule has 0 radical (unpaired) electrons. The summed E-state index contributed by atoms with van der Waals surface area (Å²) < 4.78 is 19.3. The maximum Gasteiger partial charge on any atom is 0.159 e. The topological polar surface area (TPSA) is 32.8 Å². The monoisotopic (exact) mass is 1280 g/mol. The number of nitrogens with zero attached hydrogens (tertiary/aromatic N) is 2. The van der Waals surface area contributed by atoms with Gasteiger partial charge >= 0.3 is 0 Å². The van der Waals surface area contributed by atoms with E-state index in [0.29, 0.717) is 0 Å². The zero-order valence-electron chi connectivity index (χ0n) is 52.7. The number of fused-ring (bicyclic) bond motifs is 19. The summed E-state index contributed by atoms with van der Waals surface area (Å²) in [4.78, 5) is 4.76. The van der Waals surface area contributed by atoms with E-state index in [4.69, 9.17) is 8.83 Å². The van der Waals surface area contributed by atoms with Crippen molar-refractivity contribution in [3.8, 4) is 33.4 Å². The highest BCUT2D eigenvalue weighted by Gasteiger charge is 2.26. The van der Waals surface area contributed by atoms with Crippen LogP contribution in [0.2, 0.25) is 0 Å². The predicted octanol–water partition coefficient (Wildman–Crippen LogP) is 27.9. The Balaban J connectivity index is 0.687. The van der Waals surface area contributed by atoms with Gasteiger partial charge < -0.3 is 18.6 Å². The molecule has 21 rings (SSSR count). The molecule has 0 amide bonds. The van der Waals surface area contributed by atoms with Gasteiger partial charge in [-0.05, 0) is 197 Å². The lowest BCUT2D eigenvalue weighted by Gasteiger charge is -2.27. The van der Waals surface area contributed by atoms with Crippen molar-refractivity contribution in [3.63, 3.8) is 0 Å². The van der Waals surface area contributed by atoms with Crippen LogP contribution in [0, 0.1) is 0 Å². The standard InChI is InChI=1S/C92H54N2O2S2/c1-2-23-66(24-3-1)93(68-25-10-22-63(50-68)70-27-11-21-57-17-8-9-26-69(57)70)81-34-14-31-76-87-83(95-89(76)81)46-45-75-79-52-62-38-39-64(49-65(62)54-86(79)98-92(75)87)71-28-12-30-73-72(71)29-13-33-80(73)94(67-42-40-56(41-43-67)61-37-36-55-16-4-5-18-58(55)48-61)82-35-15-32-77-88-84(96-90(77)82)47-44-74-78-51-59-19-6-7-20-60(59)53-85(78)97-91(74)88/h1-54H. The summed E-state index contributed by atoms with van der Waals surface area (Å²) in [5, 5.41) is 21.6. The van der Waals surface area contributed by atoms with Crippen LogP contribution in [0.4, 0.5) is 34.1 Å². The van der Waals surface area contributed by atoms with E-state index in [1.54, 1.807) is 0 Å². The molecule has 0 aliphatic carbocycles. The van der Waals surface area contributed by atoms with Crippen LogP contribution in [0.3, 0.4) is 0 Å². The maximum atomic E-state index is 7.18. The first-order valence-electron chi connectivity index (χ1n) is 33.3. The quantitative estimate of drug-likeness (QED) is 0.144. The summed E-state index contributed by atoms with van der Waals surface area (Å²) in [5.74, 6) is 0. The molecular formula is C92H54N2O2S2. The molecule has 98 heavy (non-hydrogen) atoms. The summed E-state index contributed by atoms with van der Waals surface area (Å²) in [6.45, 7) is 0. The molecule has 0 atom stereocenters. The van der Waals surface area contributed by atoms with Gasteiger partial charge in [-0.2, -0.15) is 0 Å². The Kier molecular flexibility index (Phi) is 12.1. The van der Waals surface area contributed by atoms with Gasteiger partial charge in [-0.1, -0.05) is 212 Å². The Morgan fingerprint density at radius 3 is 1.40 bits per heavy atom. The van der Waals surface area contributed by atoms with Crippen molar-refractivity contribution in [1.82, 2.24) is 0 Å². The van der Waals surface area contributed by atoms with E-state index in [1.807, 2.05) is 22.7 Å². The highest BCUT2D eigenvalue weighted by atomic mass is 32.1. The van der Waals surface area contributed by atoms with Gasteiger partial charge in [-0.3, -0.25) is 0 Å². The average molecular weight is 1280 g/mol. The number of benzene rings is 17. The van der Waals surface area contributed by atoms with Crippen molar-refractivity contribution >= 4 is 195 Å². The fourth-order valence-electron chi connectivity index (χ4n) is 15.8. The van der Waals surface area contributed by atoms with E-state index in [9.17, 15) is 0 Å². The normalized spacial score (nSPS) is 12.1.